The molecule has 0 saturated carbocycles. The molecule has 0 radical (unpaired) electrons. The van der Waals surface area contributed by atoms with Crippen LogP contribution in [-0.4, -0.2) is 44.7 Å². The number of hydrogen-bond donors (Lipinski definition) is 0. The van der Waals surface area contributed by atoms with Crippen LogP contribution in [-0.2, 0) is 0 Å². The number of aryl methyl sites for hydroxylation is 1. The lowest BCUT2D eigenvalue weighted by atomic mass is 10.1. The fraction of sp³-hybridized carbons (Fsp3) is 0.333. The molecule has 1 aliphatic heterocycles. The molecule has 1 aliphatic rings. The molecule has 0 spiro atoms. The third kappa shape index (κ3) is 1.97. The number of pyridine rings is 1. The number of fused-ring (bicyclic) bond motifs is 1. The minimum atomic E-state index is 0.264. The Kier molecular flexibility index (Phi) is 2.92. The molecule has 0 amide bonds. The molecule has 3 aromatic rings. The molecule has 0 N–H and O–H groups in total. The molecule has 0 unspecified atom stereocenters. The predicted octanol–water partition coefficient (Wildman–Crippen LogP) is 1.60. The summed E-state index contributed by atoms with van der Waals surface area (Å²) >= 11 is 0. The van der Waals surface area contributed by atoms with Gasteiger partial charge in [-0.2, -0.15) is 4.98 Å². The Morgan fingerprint density at radius 3 is 2.68 bits per heavy atom. The van der Waals surface area contributed by atoms with Gasteiger partial charge >= 0.3 is 0 Å². The Morgan fingerprint density at radius 2 is 1.95 bits per heavy atom. The van der Waals surface area contributed by atoms with Crippen molar-refractivity contribution >= 4 is 17.1 Å². The molecule has 0 aliphatic carbocycles. The second kappa shape index (κ2) is 4.94. The van der Waals surface area contributed by atoms with Crippen LogP contribution in [0.4, 0.5) is 5.95 Å². The van der Waals surface area contributed by atoms with E-state index in [2.05, 4.69) is 29.4 Å². The van der Waals surface area contributed by atoms with E-state index in [1.807, 2.05) is 31.5 Å². The van der Waals surface area contributed by atoms with Crippen molar-refractivity contribution in [3.63, 3.8) is 0 Å². The van der Waals surface area contributed by atoms with Crippen molar-refractivity contribution in [3.05, 3.63) is 36.3 Å². The molecular formula is C15H16N6O. The molecule has 1 fully saturated rings. The summed E-state index contributed by atoms with van der Waals surface area (Å²) < 4.78 is 7.46. The number of anilines is 1. The Bertz CT molecular complexity index is 807. The van der Waals surface area contributed by atoms with Crippen LogP contribution in [0, 0.1) is 6.92 Å². The zero-order valence-electron chi connectivity index (χ0n) is 12.5. The van der Waals surface area contributed by atoms with Crippen LogP contribution in [0.25, 0.3) is 11.2 Å². The molecule has 1 saturated heterocycles. The summed E-state index contributed by atoms with van der Waals surface area (Å²) in [6, 6.07) is 4.69. The Labute approximate surface area is 127 Å². The maximum Gasteiger partial charge on any atom is 0.298 e. The van der Waals surface area contributed by atoms with Crippen molar-refractivity contribution in [1.29, 1.82) is 0 Å². The highest BCUT2D eigenvalue weighted by Crippen LogP contribution is 2.31. The van der Waals surface area contributed by atoms with Gasteiger partial charge in [0, 0.05) is 31.7 Å². The van der Waals surface area contributed by atoms with Crippen molar-refractivity contribution in [2.45, 2.75) is 13.0 Å². The fourth-order valence-corrected chi connectivity index (χ4v) is 2.71. The van der Waals surface area contributed by atoms with Gasteiger partial charge in [0.2, 0.25) is 5.95 Å². The van der Waals surface area contributed by atoms with Gasteiger partial charge in [0.05, 0.1) is 13.2 Å². The maximum absolute atomic E-state index is 5.41. The number of ether oxygens (including phenoxy) is 1. The number of rotatable bonds is 3. The van der Waals surface area contributed by atoms with Crippen LogP contribution < -0.4 is 9.64 Å². The Hall–Kier alpha value is -2.70. The van der Waals surface area contributed by atoms with Crippen molar-refractivity contribution in [1.82, 2.24) is 24.5 Å². The van der Waals surface area contributed by atoms with Crippen molar-refractivity contribution < 1.29 is 4.74 Å². The summed E-state index contributed by atoms with van der Waals surface area (Å²) in [5, 5.41) is 0. The predicted molar refractivity (Wildman–Crippen MR) is 82.1 cm³/mol. The summed E-state index contributed by atoms with van der Waals surface area (Å²) in [5.74, 6) is 0.762. The highest BCUT2D eigenvalue weighted by atomic mass is 16.5. The first-order chi connectivity index (χ1) is 10.8. The SMILES string of the molecule is COc1nc2cccnc2n1C1CN(c2ncc(C)cn2)C1. The quantitative estimate of drug-likeness (QED) is 0.731. The van der Waals surface area contributed by atoms with E-state index in [9.17, 15) is 0 Å². The topological polar surface area (TPSA) is 69.0 Å². The highest BCUT2D eigenvalue weighted by molar-refractivity contribution is 5.72. The number of methoxy groups -OCH3 is 1. The second-order valence-corrected chi connectivity index (χ2v) is 5.43. The average molecular weight is 296 g/mol. The van der Waals surface area contributed by atoms with Crippen LogP contribution >= 0.6 is 0 Å². The fourth-order valence-electron chi connectivity index (χ4n) is 2.71. The Balaban J connectivity index is 1.61. The van der Waals surface area contributed by atoms with Gasteiger partial charge in [-0.05, 0) is 24.6 Å². The van der Waals surface area contributed by atoms with Crippen LogP contribution in [0.5, 0.6) is 6.01 Å². The van der Waals surface area contributed by atoms with E-state index < -0.39 is 0 Å². The zero-order valence-corrected chi connectivity index (χ0v) is 12.5. The van der Waals surface area contributed by atoms with Crippen LogP contribution in [0.2, 0.25) is 0 Å². The lowest BCUT2D eigenvalue weighted by Gasteiger charge is -2.40. The van der Waals surface area contributed by atoms with Gasteiger partial charge in [0.25, 0.3) is 6.01 Å². The summed E-state index contributed by atoms with van der Waals surface area (Å²) in [5.41, 5.74) is 2.77. The first kappa shape index (κ1) is 13.0. The molecule has 7 nitrogen and oxygen atoms in total. The zero-order chi connectivity index (χ0) is 15.1. The minimum absolute atomic E-state index is 0.264. The van der Waals surface area contributed by atoms with Crippen LogP contribution in [0.15, 0.2) is 30.7 Å². The van der Waals surface area contributed by atoms with Gasteiger partial charge in [-0.1, -0.05) is 0 Å². The second-order valence-electron chi connectivity index (χ2n) is 5.43. The molecule has 3 aromatic heterocycles. The molecule has 4 heterocycles. The Morgan fingerprint density at radius 1 is 1.18 bits per heavy atom. The molecule has 0 atom stereocenters. The number of aromatic nitrogens is 5. The molecule has 0 aromatic carbocycles. The summed E-state index contributed by atoms with van der Waals surface area (Å²) in [6.07, 6.45) is 5.45. The smallest absolute Gasteiger partial charge is 0.298 e. The number of imidazole rings is 1. The molecule has 112 valence electrons. The van der Waals surface area contributed by atoms with Gasteiger partial charge in [0.1, 0.15) is 5.52 Å². The molecular weight excluding hydrogens is 280 g/mol. The summed E-state index contributed by atoms with van der Waals surface area (Å²) in [6.45, 7) is 3.62. The monoisotopic (exact) mass is 296 g/mol. The van der Waals surface area contributed by atoms with E-state index in [0.717, 1.165) is 35.8 Å². The van der Waals surface area contributed by atoms with E-state index in [4.69, 9.17) is 4.74 Å². The van der Waals surface area contributed by atoms with E-state index in [0.29, 0.717) is 6.01 Å². The van der Waals surface area contributed by atoms with E-state index in [1.54, 1.807) is 13.3 Å². The normalized spacial score (nSPS) is 15.1. The number of nitrogens with zero attached hydrogens (tertiary/aromatic N) is 6. The average Bonchev–Trinajstić information content (AvgIpc) is 2.86. The van der Waals surface area contributed by atoms with Crippen molar-refractivity contribution in [3.8, 4) is 6.01 Å². The largest absolute Gasteiger partial charge is 0.468 e. The third-order valence-corrected chi connectivity index (χ3v) is 3.88. The first-order valence-electron chi connectivity index (χ1n) is 7.17. The lowest BCUT2D eigenvalue weighted by molar-refractivity contribution is 0.313. The molecule has 7 heteroatoms. The first-order valence-corrected chi connectivity index (χ1v) is 7.17. The third-order valence-electron chi connectivity index (χ3n) is 3.88. The van der Waals surface area contributed by atoms with Gasteiger partial charge < -0.3 is 9.64 Å². The van der Waals surface area contributed by atoms with Gasteiger partial charge in [-0.25, -0.2) is 15.0 Å². The molecule has 0 bridgehead atoms. The van der Waals surface area contributed by atoms with Crippen LogP contribution in [0.3, 0.4) is 0 Å². The lowest BCUT2D eigenvalue weighted by Crippen LogP contribution is -2.48. The van der Waals surface area contributed by atoms with Gasteiger partial charge in [0.15, 0.2) is 5.65 Å². The summed E-state index contributed by atoms with van der Waals surface area (Å²) in [4.78, 5) is 19.8. The van der Waals surface area contributed by atoms with Crippen LogP contribution in [0.1, 0.15) is 11.6 Å². The maximum atomic E-state index is 5.41. The van der Waals surface area contributed by atoms with E-state index >= 15 is 0 Å². The van der Waals surface area contributed by atoms with Gasteiger partial charge in [-0.3, -0.25) is 4.57 Å². The van der Waals surface area contributed by atoms with E-state index in [1.165, 1.54) is 0 Å². The molecule has 22 heavy (non-hydrogen) atoms. The molecule has 4 rings (SSSR count). The number of hydrogen-bond acceptors (Lipinski definition) is 6. The van der Waals surface area contributed by atoms with Crippen molar-refractivity contribution in [2.75, 3.05) is 25.1 Å². The van der Waals surface area contributed by atoms with Gasteiger partial charge in [-0.15, -0.1) is 0 Å². The summed E-state index contributed by atoms with van der Waals surface area (Å²) in [7, 11) is 1.64. The standard InChI is InChI=1S/C15H16N6O/c1-10-6-17-14(18-7-10)20-8-11(9-20)21-13-12(4-3-5-16-13)19-15(21)22-2/h3-7,11H,8-9H2,1-2H3. The van der Waals surface area contributed by atoms with E-state index in [-0.39, 0.29) is 6.04 Å². The van der Waals surface area contributed by atoms with Crippen molar-refractivity contribution in [2.24, 2.45) is 0 Å². The highest BCUT2D eigenvalue weighted by Gasteiger charge is 2.33. The minimum Gasteiger partial charge on any atom is -0.468 e.